The lowest BCUT2D eigenvalue weighted by Crippen LogP contribution is -2.48. The van der Waals surface area contributed by atoms with Crippen LogP contribution in [-0.4, -0.2) is 40.8 Å². The minimum absolute atomic E-state index is 0.0898. The van der Waals surface area contributed by atoms with Gasteiger partial charge in [0.1, 0.15) is 18.5 Å². The zero-order valence-electron chi connectivity index (χ0n) is 14.7. The Morgan fingerprint density at radius 2 is 2.04 bits per heavy atom. The number of carbonyl (C=O) groups is 2. The highest BCUT2D eigenvalue weighted by atomic mass is 19.1. The van der Waals surface area contributed by atoms with Gasteiger partial charge in [-0.3, -0.25) is 4.79 Å². The van der Waals surface area contributed by atoms with E-state index in [1.165, 1.54) is 6.92 Å². The Labute approximate surface area is 147 Å². The van der Waals surface area contributed by atoms with Gasteiger partial charge in [0.05, 0.1) is 12.0 Å². The summed E-state index contributed by atoms with van der Waals surface area (Å²) in [7, 11) is 0. The molecule has 0 bridgehead atoms. The molecule has 2 rings (SSSR count). The van der Waals surface area contributed by atoms with Crippen LogP contribution in [0, 0.1) is 11.8 Å². The predicted molar refractivity (Wildman–Crippen MR) is 91.3 cm³/mol. The Morgan fingerprint density at radius 3 is 2.60 bits per heavy atom. The lowest BCUT2D eigenvalue weighted by molar-refractivity contribution is -0.138. The van der Waals surface area contributed by atoms with E-state index in [-0.39, 0.29) is 12.5 Å². The molecule has 6 heteroatoms. The van der Waals surface area contributed by atoms with Gasteiger partial charge in [0.25, 0.3) is 0 Å². The second-order valence-electron chi connectivity index (χ2n) is 6.52. The Balaban J connectivity index is 2.24. The van der Waals surface area contributed by atoms with Crippen LogP contribution in [0.4, 0.5) is 9.18 Å². The number of imide groups is 1. The fourth-order valence-corrected chi connectivity index (χ4v) is 3.05. The fraction of sp³-hybridized carbons (Fsp3) is 0.474. The van der Waals surface area contributed by atoms with Crippen LogP contribution in [0.5, 0.6) is 0 Å². The SMILES string of the molecule is CC=C(F)[C@@H](O)C(C(=O)N1C(=O)OCC1Cc1ccccc1)C(C)C. The van der Waals surface area contributed by atoms with Crippen molar-refractivity contribution in [1.82, 2.24) is 4.90 Å². The molecule has 0 saturated carbocycles. The number of allylic oxidation sites excluding steroid dienone is 1. The smallest absolute Gasteiger partial charge is 0.416 e. The van der Waals surface area contributed by atoms with Crippen molar-refractivity contribution >= 4 is 12.0 Å². The molecule has 1 heterocycles. The summed E-state index contributed by atoms with van der Waals surface area (Å²) in [5.41, 5.74) is 0.963. The number of hydrogen-bond donors (Lipinski definition) is 1. The maximum atomic E-state index is 13.8. The van der Waals surface area contributed by atoms with Crippen LogP contribution in [0.2, 0.25) is 0 Å². The number of cyclic esters (lactones) is 1. The summed E-state index contributed by atoms with van der Waals surface area (Å²) in [5.74, 6) is -2.79. The van der Waals surface area contributed by atoms with Crippen LogP contribution in [0.15, 0.2) is 42.2 Å². The standard InChI is InChI=1S/C19H24FNO4/c1-4-15(20)17(22)16(12(2)3)18(23)21-14(11-25-19(21)24)10-13-8-6-5-7-9-13/h4-9,12,14,16-17,22H,10-11H2,1-3H3/t14?,16?,17-/m1/s1. The van der Waals surface area contributed by atoms with Gasteiger partial charge in [-0.15, -0.1) is 0 Å². The van der Waals surface area contributed by atoms with Gasteiger partial charge in [-0.25, -0.2) is 14.1 Å². The largest absolute Gasteiger partial charge is 0.447 e. The zero-order chi connectivity index (χ0) is 18.6. The first-order valence-corrected chi connectivity index (χ1v) is 8.40. The molecule has 1 saturated heterocycles. The number of carbonyl (C=O) groups excluding carboxylic acids is 2. The van der Waals surface area contributed by atoms with Crippen LogP contribution < -0.4 is 0 Å². The Bertz CT molecular complexity index is 644. The van der Waals surface area contributed by atoms with Gasteiger partial charge in [-0.1, -0.05) is 50.3 Å². The van der Waals surface area contributed by atoms with Crippen molar-refractivity contribution in [2.75, 3.05) is 6.61 Å². The van der Waals surface area contributed by atoms with E-state index in [2.05, 4.69) is 0 Å². The van der Waals surface area contributed by atoms with Gasteiger partial charge in [-0.05, 0) is 24.8 Å². The minimum Gasteiger partial charge on any atom is -0.447 e. The molecule has 25 heavy (non-hydrogen) atoms. The number of hydrogen-bond acceptors (Lipinski definition) is 4. The lowest BCUT2D eigenvalue weighted by Gasteiger charge is -2.29. The van der Waals surface area contributed by atoms with E-state index in [9.17, 15) is 19.1 Å². The average Bonchev–Trinajstić information content (AvgIpc) is 2.95. The molecular weight excluding hydrogens is 325 g/mol. The summed E-state index contributed by atoms with van der Waals surface area (Å²) >= 11 is 0. The zero-order valence-corrected chi connectivity index (χ0v) is 14.7. The quantitative estimate of drug-likeness (QED) is 0.857. The first kappa shape index (κ1) is 19.1. The number of ether oxygens (including phenoxy) is 1. The number of amides is 2. The second-order valence-corrected chi connectivity index (χ2v) is 6.52. The summed E-state index contributed by atoms with van der Waals surface area (Å²) in [5, 5.41) is 10.2. The molecule has 0 radical (unpaired) electrons. The van der Waals surface area contributed by atoms with Gasteiger partial charge in [-0.2, -0.15) is 0 Å². The van der Waals surface area contributed by atoms with Crippen LogP contribution in [0.3, 0.4) is 0 Å². The molecule has 136 valence electrons. The van der Waals surface area contributed by atoms with Crippen molar-refractivity contribution in [3.63, 3.8) is 0 Å². The second kappa shape index (κ2) is 8.25. The fourth-order valence-electron chi connectivity index (χ4n) is 3.05. The third-order valence-corrected chi connectivity index (χ3v) is 4.41. The van der Waals surface area contributed by atoms with Crippen molar-refractivity contribution in [3.05, 3.63) is 47.8 Å². The van der Waals surface area contributed by atoms with Crippen LogP contribution >= 0.6 is 0 Å². The summed E-state index contributed by atoms with van der Waals surface area (Å²) in [6.45, 7) is 4.96. The molecule has 1 fully saturated rings. The molecule has 3 atom stereocenters. The molecule has 0 spiro atoms. The average molecular weight is 349 g/mol. The first-order valence-electron chi connectivity index (χ1n) is 8.40. The van der Waals surface area contributed by atoms with Crippen LogP contribution in [0.1, 0.15) is 26.3 Å². The predicted octanol–water partition coefficient (Wildman–Crippen LogP) is 3.08. The molecule has 5 nitrogen and oxygen atoms in total. The molecule has 1 aromatic carbocycles. The molecular formula is C19H24FNO4. The topological polar surface area (TPSA) is 66.8 Å². The van der Waals surface area contributed by atoms with Crippen molar-refractivity contribution in [2.45, 2.75) is 39.3 Å². The molecule has 1 aliphatic rings. The Hall–Kier alpha value is -2.21. The van der Waals surface area contributed by atoms with Gasteiger partial charge >= 0.3 is 6.09 Å². The number of benzene rings is 1. The van der Waals surface area contributed by atoms with E-state index in [0.29, 0.717) is 6.42 Å². The molecule has 0 aromatic heterocycles. The summed E-state index contributed by atoms with van der Waals surface area (Å²) < 4.78 is 18.9. The van der Waals surface area contributed by atoms with E-state index in [1.54, 1.807) is 13.8 Å². The van der Waals surface area contributed by atoms with E-state index in [4.69, 9.17) is 4.74 Å². The van der Waals surface area contributed by atoms with Gasteiger partial charge in [0.15, 0.2) is 0 Å². The van der Waals surface area contributed by atoms with Crippen molar-refractivity contribution in [1.29, 1.82) is 0 Å². The van der Waals surface area contributed by atoms with Crippen LogP contribution in [0.25, 0.3) is 0 Å². The summed E-state index contributed by atoms with van der Waals surface area (Å²) in [6, 6.07) is 8.97. The molecule has 0 aliphatic carbocycles. The molecule has 1 aliphatic heterocycles. The maximum Gasteiger partial charge on any atom is 0.416 e. The third kappa shape index (κ3) is 4.25. The van der Waals surface area contributed by atoms with Crippen LogP contribution in [-0.2, 0) is 16.0 Å². The third-order valence-electron chi connectivity index (χ3n) is 4.41. The van der Waals surface area contributed by atoms with E-state index >= 15 is 0 Å². The van der Waals surface area contributed by atoms with E-state index in [1.807, 2.05) is 30.3 Å². The van der Waals surface area contributed by atoms with Crippen molar-refractivity contribution in [3.8, 4) is 0 Å². The Kier molecular flexibility index (Phi) is 6.31. The van der Waals surface area contributed by atoms with Crippen molar-refractivity contribution in [2.24, 2.45) is 11.8 Å². The van der Waals surface area contributed by atoms with E-state index < -0.39 is 35.9 Å². The summed E-state index contributed by atoms with van der Waals surface area (Å²) in [4.78, 5) is 26.1. The van der Waals surface area contributed by atoms with Gasteiger partial charge < -0.3 is 9.84 Å². The lowest BCUT2D eigenvalue weighted by atomic mass is 9.87. The normalized spacial score (nSPS) is 20.6. The number of halogens is 1. The molecule has 1 N–H and O–H groups in total. The van der Waals surface area contributed by atoms with Gasteiger partial charge in [0.2, 0.25) is 5.91 Å². The minimum atomic E-state index is -1.58. The molecule has 2 unspecified atom stereocenters. The number of nitrogens with zero attached hydrogens (tertiary/aromatic N) is 1. The number of aliphatic hydroxyl groups excluding tert-OH is 1. The maximum absolute atomic E-state index is 13.8. The van der Waals surface area contributed by atoms with E-state index in [0.717, 1.165) is 16.5 Å². The highest BCUT2D eigenvalue weighted by Crippen LogP contribution is 2.28. The number of aliphatic hydroxyl groups is 1. The highest BCUT2D eigenvalue weighted by molar-refractivity contribution is 5.95. The summed E-state index contributed by atoms with van der Waals surface area (Å²) in [6.07, 6.45) is -0.754. The monoisotopic (exact) mass is 349 g/mol. The van der Waals surface area contributed by atoms with Crippen molar-refractivity contribution < 1.29 is 23.8 Å². The number of rotatable bonds is 6. The first-order chi connectivity index (χ1) is 11.9. The highest BCUT2D eigenvalue weighted by Gasteiger charge is 2.44. The molecule has 1 aromatic rings. The van der Waals surface area contributed by atoms with Gasteiger partial charge in [0, 0.05) is 0 Å². The molecule has 2 amide bonds. The Morgan fingerprint density at radius 1 is 1.40 bits per heavy atom.